The molecule has 1 saturated carbocycles. The fraction of sp³-hybridized carbons (Fsp3) is 0.824. The lowest BCUT2D eigenvalue weighted by Gasteiger charge is -2.26. The smallest absolute Gasteiger partial charge is 0.340 e. The molecule has 0 unspecified atom stereocenters. The third-order valence-electron chi connectivity index (χ3n) is 4.87. The maximum absolute atomic E-state index is 12.0. The Morgan fingerprint density at radius 1 is 1.12 bits per heavy atom. The van der Waals surface area contributed by atoms with E-state index in [1.165, 1.54) is 0 Å². The summed E-state index contributed by atoms with van der Waals surface area (Å²) < 4.78 is 0. The van der Waals surface area contributed by atoms with E-state index in [4.69, 9.17) is 5.73 Å². The number of hydrogen-bond acceptors (Lipinski definition) is 4. The van der Waals surface area contributed by atoms with Crippen molar-refractivity contribution in [3.63, 3.8) is 0 Å². The van der Waals surface area contributed by atoms with Gasteiger partial charge in [0.15, 0.2) is 0 Å². The van der Waals surface area contributed by atoms with Gasteiger partial charge in [-0.25, -0.2) is 9.79 Å². The van der Waals surface area contributed by atoms with Crippen LogP contribution in [0.1, 0.15) is 57.8 Å². The molecule has 0 aromatic heterocycles. The van der Waals surface area contributed by atoms with Gasteiger partial charge in [0.25, 0.3) is 0 Å². The van der Waals surface area contributed by atoms with Crippen LogP contribution in [-0.2, 0) is 4.79 Å². The number of unbranched alkanes of at least 4 members (excludes halogenated alkanes) is 1. The molecule has 2 fully saturated rings. The number of carbonyl (C=O) groups is 2. The number of nitrogens with one attached hydrogen (secondary N) is 2. The van der Waals surface area contributed by atoms with Crippen molar-refractivity contribution in [2.75, 3.05) is 5.75 Å². The van der Waals surface area contributed by atoms with E-state index in [1.54, 1.807) is 0 Å². The molecule has 2 rings (SSSR count). The van der Waals surface area contributed by atoms with Crippen LogP contribution in [0.2, 0.25) is 0 Å². The van der Waals surface area contributed by atoms with Crippen molar-refractivity contribution < 1.29 is 9.59 Å². The molecule has 0 radical (unpaired) electrons. The van der Waals surface area contributed by atoms with Crippen LogP contribution in [0.25, 0.3) is 0 Å². The first-order chi connectivity index (χ1) is 11.6. The number of rotatable bonds is 7. The summed E-state index contributed by atoms with van der Waals surface area (Å²) in [5, 5.41) is 6.57. The second kappa shape index (κ2) is 10.0. The summed E-state index contributed by atoms with van der Waals surface area (Å²) in [7, 11) is 0. The molecule has 6 nitrogen and oxygen atoms in total. The van der Waals surface area contributed by atoms with E-state index < -0.39 is 0 Å². The minimum atomic E-state index is -0.332. The lowest BCUT2D eigenvalue weighted by atomic mass is 9.92. The number of aliphatic imine (C=N–C) groups is 1. The normalized spacial score (nSPS) is 29.9. The predicted molar refractivity (Wildman–Crippen MR) is 99.6 cm³/mol. The van der Waals surface area contributed by atoms with Crippen molar-refractivity contribution in [2.45, 2.75) is 81.2 Å². The fourth-order valence-corrected chi connectivity index (χ4v) is 4.87. The van der Waals surface area contributed by atoms with Crippen LogP contribution in [0.15, 0.2) is 4.99 Å². The molecule has 136 valence electrons. The highest BCUT2D eigenvalue weighted by Gasteiger charge is 2.26. The largest absolute Gasteiger partial charge is 0.353 e. The monoisotopic (exact) mass is 354 g/mol. The maximum atomic E-state index is 12.0. The SMILES string of the molecule is C=NC(=O)N[C@H]1CS[C@@H](CCCCC(=O)NC2CCC(N)CC2)C1. The highest BCUT2D eigenvalue weighted by Crippen LogP contribution is 2.30. The summed E-state index contributed by atoms with van der Waals surface area (Å²) in [6.45, 7) is 3.23. The summed E-state index contributed by atoms with van der Waals surface area (Å²) in [5.41, 5.74) is 5.88. The van der Waals surface area contributed by atoms with E-state index in [1.807, 2.05) is 11.8 Å². The molecule has 3 amide bonds. The van der Waals surface area contributed by atoms with E-state index in [0.717, 1.165) is 57.1 Å². The van der Waals surface area contributed by atoms with Crippen molar-refractivity contribution in [1.82, 2.24) is 10.6 Å². The molecule has 2 aliphatic rings. The van der Waals surface area contributed by atoms with E-state index >= 15 is 0 Å². The number of nitrogens with zero attached hydrogens (tertiary/aromatic N) is 1. The number of amides is 3. The molecule has 1 aliphatic heterocycles. The first kappa shape index (κ1) is 19.2. The van der Waals surface area contributed by atoms with Crippen molar-refractivity contribution in [3.05, 3.63) is 0 Å². The molecule has 1 aliphatic carbocycles. The zero-order chi connectivity index (χ0) is 17.4. The fourth-order valence-electron chi connectivity index (χ4n) is 3.45. The minimum absolute atomic E-state index is 0.178. The van der Waals surface area contributed by atoms with Gasteiger partial charge in [-0.05, 0) is 51.7 Å². The Hall–Kier alpha value is -1.08. The van der Waals surface area contributed by atoms with Gasteiger partial charge in [-0.1, -0.05) is 6.42 Å². The number of nitrogens with two attached hydrogens (primary N) is 1. The van der Waals surface area contributed by atoms with Crippen LogP contribution >= 0.6 is 11.8 Å². The van der Waals surface area contributed by atoms with Gasteiger partial charge in [0.2, 0.25) is 5.91 Å². The number of carbonyl (C=O) groups excluding carboxylic acids is 2. The molecule has 24 heavy (non-hydrogen) atoms. The second-order valence-electron chi connectivity index (χ2n) is 6.92. The van der Waals surface area contributed by atoms with Gasteiger partial charge in [-0.15, -0.1) is 0 Å². The summed E-state index contributed by atoms with van der Waals surface area (Å²) in [6.07, 6.45) is 8.74. The Labute approximate surface area is 148 Å². The van der Waals surface area contributed by atoms with Crippen LogP contribution in [0.4, 0.5) is 4.79 Å². The zero-order valence-electron chi connectivity index (χ0n) is 14.3. The number of urea groups is 1. The standard InChI is InChI=1S/C17H30N4O2S/c1-19-17(23)21-14-10-15(24-11-14)4-2-3-5-16(22)20-13-8-6-12(18)7-9-13/h12-15H,1-11,18H2,(H,20,22)(H,21,23)/t12?,13?,14-,15+/m1/s1. The van der Waals surface area contributed by atoms with E-state index in [-0.39, 0.29) is 18.0 Å². The number of thioether (sulfide) groups is 1. The Morgan fingerprint density at radius 3 is 2.58 bits per heavy atom. The van der Waals surface area contributed by atoms with Crippen LogP contribution in [-0.4, -0.2) is 47.8 Å². The first-order valence-corrected chi connectivity index (χ1v) is 10.1. The average molecular weight is 355 g/mol. The van der Waals surface area contributed by atoms with Gasteiger partial charge in [-0.3, -0.25) is 4.79 Å². The van der Waals surface area contributed by atoms with E-state index in [9.17, 15) is 9.59 Å². The molecule has 0 aromatic rings. The van der Waals surface area contributed by atoms with Gasteiger partial charge in [-0.2, -0.15) is 11.8 Å². The number of hydrogen-bond donors (Lipinski definition) is 3. The molecule has 7 heteroatoms. The molecule has 4 N–H and O–H groups in total. The van der Waals surface area contributed by atoms with Crippen LogP contribution in [0.3, 0.4) is 0 Å². The highest BCUT2D eigenvalue weighted by molar-refractivity contribution is 8.00. The highest BCUT2D eigenvalue weighted by atomic mass is 32.2. The van der Waals surface area contributed by atoms with Gasteiger partial charge in [0.05, 0.1) is 0 Å². The van der Waals surface area contributed by atoms with Crippen molar-refractivity contribution in [2.24, 2.45) is 10.7 Å². The van der Waals surface area contributed by atoms with Crippen LogP contribution in [0.5, 0.6) is 0 Å². The quantitative estimate of drug-likeness (QED) is 0.482. The Bertz CT molecular complexity index is 438. The van der Waals surface area contributed by atoms with Gasteiger partial charge >= 0.3 is 6.03 Å². The van der Waals surface area contributed by atoms with Crippen molar-refractivity contribution in [1.29, 1.82) is 0 Å². The van der Waals surface area contributed by atoms with Crippen molar-refractivity contribution >= 4 is 30.4 Å². The molecule has 0 bridgehead atoms. The first-order valence-electron chi connectivity index (χ1n) is 9.00. The Balaban J connectivity index is 1.51. The van der Waals surface area contributed by atoms with E-state index in [0.29, 0.717) is 23.8 Å². The molecule has 0 aromatic carbocycles. The maximum Gasteiger partial charge on any atom is 0.340 e. The molecular formula is C17H30N4O2S. The Morgan fingerprint density at radius 2 is 1.88 bits per heavy atom. The summed E-state index contributed by atoms with van der Waals surface area (Å²) in [6, 6.07) is 0.518. The van der Waals surface area contributed by atoms with Crippen LogP contribution in [0, 0.1) is 0 Å². The molecule has 2 atom stereocenters. The summed E-state index contributed by atoms with van der Waals surface area (Å²) in [4.78, 5) is 26.5. The molecule has 0 spiro atoms. The second-order valence-corrected chi connectivity index (χ2v) is 8.25. The lowest BCUT2D eigenvalue weighted by Crippen LogP contribution is -2.40. The summed E-state index contributed by atoms with van der Waals surface area (Å²) in [5.74, 6) is 1.12. The predicted octanol–water partition coefficient (Wildman–Crippen LogP) is 2.22. The Kier molecular flexibility index (Phi) is 8.05. The van der Waals surface area contributed by atoms with Gasteiger partial charge < -0.3 is 16.4 Å². The average Bonchev–Trinajstić information content (AvgIpc) is 3.01. The topological polar surface area (TPSA) is 96.6 Å². The van der Waals surface area contributed by atoms with Crippen LogP contribution < -0.4 is 16.4 Å². The molecular weight excluding hydrogens is 324 g/mol. The van der Waals surface area contributed by atoms with Gasteiger partial charge in [0.1, 0.15) is 0 Å². The van der Waals surface area contributed by atoms with E-state index in [2.05, 4.69) is 22.3 Å². The summed E-state index contributed by atoms with van der Waals surface area (Å²) >= 11 is 1.90. The third-order valence-corrected chi connectivity index (χ3v) is 6.36. The zero-order valence-corrected chi connectivity index (χ0v) is 15.2. The van der Waals surface area contributed by atoms with Gasteiger partial charge in [0, 0.05) is 35.5 Å². The molecule has 1 saturated heterocycles. The lowest BCUT2D eigenvalue weighted by molar-refractivity contribution is -0.122. The third kappa shape index (κ3) is 6.81. The minimum Gasteiger partial charge on any atom is -0.353 e. The molecule has 1 heterocycles. The van der Waals surface area contributed by atoms with Crippen molar-refractivity contribution in [3.8, 4) is 0 Å².